The van der Waals surface area contributed by atoms with Crippen molar-refractivity contribution in [1.29, 1.82) is 0 Å². The molecule has 6 heteroatoms. The van der Waals surface area contributed by atoms with Crippen LogP contribution in [0.25, 0.3) is 6.08 Å². The Balaban J connectivity index is 1.86. The zero-order chi connectivity index (χ0) is 16.2. The minimum Gasteiger partial charge on any atom is -0.508 e. The lowest BCUT2D eigenvalue weighted by molar-refractivity contribution is -0.115. The van der Waals surface area contributed by atoms with Gasteiger partial charge in [-0.2, -0.15) is 0 Å². The molecule has 5 nitrogen and oxygen atoms in total. The summed E-state index contributed by atoms with van der Waals surface area (Å²) in [6.07, 6.45) is 1.77. The first-order valence-electron chi connectivity index (χ1n) is 6.87. The third kappa shape index (κ3) is 3.54. The number of ether oxygens (including phenoxy) is 1. The van der Waals surface area contributed by atoms with Gasteiger partial charge in [-0.15, -0.1) is 0 Å². The van der Waals surface area contributed by atoms with Gasteiger partial charge in [-0.05, 0) is 36.0 Å². The highest BCUT2D eigenvalue weighted by atomic mass is 32.2. The van der Waals surface area contributed by atoms with Crippen LogP contribution in [0, 0.1) is 0 Å². The van der Waals surface area contributed by atoms with Gasteiger partial charge in [0.05, 0.1) is 17.7 Å². The van der Waals surface area contributed by atoms with Gasteiger partial charge in [-0.3, -0.25) is 4.79 Å². The second-order valence-electron chi connectivity index (χ2n) is 4.74. The van der Waals surface area contributed by atoms with Crippen molar-refractivity contribution in [3.05, 3.63) is 59.0 Å². The SMILES string of the molecule is COc1ccccc1/C=C1\SC(=Nc2cccc(O)c2)NC1=O. The number of carbonyl (C=O) groups is 1. The van der Waals surface area contributed by atoms with Gasteiger partial charge >= 0.3 is 0 Å². The predicted molar refractivity (Wildman–Crippen MR) is 91.9 cm³/mol. The van der Waals surface area contributed by atoms with E-state index in [0.717, 1.165) is 5.56 Å². The minimum absolute atomic E-state index is 0.131. The minimum atomic E-state index is -0.209. The smallest absolute Gasteiger partial charge is 0.264 e. The molecule has 1 aliphatic heterocycles. The number of nitrogens with zero attached hydrogens (tertiary/aromatic N) is 1. The Labute approximate surface area is 137 Å². The van der Waals surface area contributed by atoms with Crippen LogP contribution in [0.2, 0.25) is 0 Å². The highest BCUT2D eigenvalue weighted by Gasteiger charge is 2.24. The number of thioether (sulfide) groups is 1. The number of methoxy groups -OCH3 is 1. The number of aromatic hydroxyl groups is 1. The van der Waals surface area contributed by atoms with E-state index in [1.165, 1.54) is 17.8 Å². The number of amides is 1. The molecule has 0 aromatic heterocycles. The van der Waals surface area contributed by atoms with E-state index in [0.29, 0.717) is 21.5 Å². The third-order valence-electron chi connectivity index (χ3n) is 3.14. The van der Waals surface area contributed by atoms with Crippen LogP contribution in [0.1, 0.15) is 5.56 Å². The molecule has 0 unspecified atom stereocenters. The summed E-state index contributed by atoms with van der Waals surface area (Å²) < 4.78 is 5.28. The average Bonchev–Trinajstić information content (AvgIpc) is 2.87. The molecular weight excluding hydrogens is 312 g/mol. The molecule has 2 aromatic rings. The van der Waals surface area contributed by atoms with E-state index in [-0.39, 0.29) is 11.7 Å². The quantitative estimate of drug-likeness (QED) is 0.849. The second kappa shape index (κ2) is 6.58. The lowest BCUT2D eigenvalue weighted by Crippen LogP contribution is -2.19. The maximum Gasteiger partial charge on any atom is 0.264 e. The number of rotatable bonds is 3. The molecule has 2 aromatic carbocycles. The molecule has 23 heavy (non-hydrogen) atoms. The number of nitrogens with one attached hydrogen (secondary N) is 1. The Morgan fingerprint density at radius 3 is 2.83 bits per heavy atom. The lowest BCUT2D eigenvalue weighted by atomic mass is 10.2. The number of carbonyl (C=O) groups excluding carboxylic acids is 1. The highest BCUT2D eigenvalue weighted by molar-refractivity contribution is 8.18. The van der Waals surface area contributed by atoms with Crippen molar-refractivity contribution >= 4 is 34.6 Å². The Hall–Kier alpha value is -2.73. The third-order valence-corrected chi connectivity index (χ3v) is 4.05. The van der Waals surface area contributed by atoms with E-state index in [9.17, 15) is 9.90 Å². The Bertz CT molecular complexity index is 815. The van der Waals surface area contributed by atoms with Crippen molar-refractivity contribution in [2.45, 2.75) is 0 Å². The first-order chi connectivity index (χ1) is 11.2. The van der Waals surface area contributed by atoms with Crippen molar-refractivity contribution in [2.75, 3.05) is 7.11 Å². The fraction of sp³-hybridized carbons (Fsp3) is 0.0588. The fourth-order valence-electron chi connectivity index (χ4n) is 2.09. The summed E-state index contributed by atoms with van der Waals surface area (Å²) in [4.78, 5) is 16.9. The van der Waals surface area contributed by atoms with Crippen LogP contribution in [0.3, 0.4) is 0 Å². The predicted octanol–water partition coefficient (Wildman–Crippen LogP) is 3.29. The van der Waals surface area contributed by atoms with Crippen molar-refractivity contribution in [2.24, 2.45) is 4.99 Å². The second-order valence-corrected chi connectivity index (χ2v) is 5.77. The van der Waals surface area contributed by atoms with E-state index >= 15 is 0 Å². The summed E-state index contributed by atoms with van der Waals surface area (Å²) in [5, 5.41) is 12.6. The van der Waals surface area contributed by atoms with Crippen molar-refractivity contribution in [1.82, 2.24) is 5.32 Å². The van der Waals surface area contributed by atoms with Crippen LogP contribution in [-0.2, 0) is 4.79 Å². The highest BCUT2D eigenvalue weighted by Crippen LogP contribution is 2.30. The molecule has 3 rings (SSSR count). The molecule has 0 bridgehead atoms. The van der Waals surface area contributed by atoms with Crippen LogP contribution >= 0.6 is 11.8 Å². The molecule has 1 saturated heterocycles. The maximum absolute atomic E-state index is 12.1. The molecule has 116 valence electrons. The van der Waals surface area contributed by atoms with E-state index in [2.05, 4.69) is 10.3 Å². The van der Waals surface area contributed by atoms with Crippen LogP contribution in [0.4, 0.5) is 5.69 Å². The monoisotopic (exact) mass is 326 g/mol. The molecule has 1 fully saturated rings. The average molecular weight is 326 g/mol. The fourth-order valence-corrected chi connectivity index (χ4v) is 2.92. The first-order valence-corrected chi connectivity index (χ1v) is 7.69. The molecule has 1 heterocycles. The first kappa shape index (κ1) is 15.2. The summed E-state index contributed by atoms with van der Waals surface area (Å²) in [5.74, 6) is 0.623. The van der Waals surface area contributed by atoms with Gasteiger partial charge in [-0.1, -0.05) is 24.3 Å². The van der Waals surface area contributed by atoms with E-state index in [1.807, 2.05) is 24.3 Å². The summed E-state index contributed by atoms with van der Waals surface area (Å²) >= 11 is 1.25. The van der Waals surface area contributed by atoms with E-state index in [1.54, 1.807) is 31.4 Å². The number of benzene rings is 2. The van der Waals surface area contributed by atoms with Gasteiger partial charge in [0.15, 0.2) is 5.17 Å². The van der Waals surface area contributed by atoms with Gasteiger partial charge in [0.25, 0.3) is 5.91 Å². The van der Waals surface area contributed by atoms with Gasteiger partial charge in [0.2, 0.25) is 0 Å². The number of phenols is 1. The van der Waals surface area contributed by atoms with Crippen LogP contribution in [0.15, 0.2) is 58.4 Å². The normalized spacial score (nSPS) is 17.5. The summed E-state index contributed by atoms with van der Waals surface area (Å²) in [7, 11) is 1.59. The Kier molecular flexibility index (Phi) is 4.34. The molecule has 1 amide bonds. The summed E-state index contributed by atoms with van der Waals surface area (Å²) in [6, 6.07) is 14.0. The number of hydrogen-bond acceptors (Lipinski definition) is 5. The van der Waals surface area contributed by atoms with Crippen molar-refractivity contribution < 1.29 is 14.6 Å². The Morgan fingerprint density at radius 2 is 2.04 bits per heavy atom. The number of aliphatic imine (C=N–C) groups is 1. The van der Waals surface area contributed by atoms with Gasteiger partial charge in [0.1, 0.15) is 11.5 Å². The largest absolute Gasteiger partial charge is 0.508 e. The van der Waals surface area contributed by atoms with Crippen LogP contribution in [-0.4, -0.2) is 23.3 Å². The molecule has 1 aliphatic rings. The van der Waals surface area contributed by atoms with Crippen LogP contribution in [0.5, 0.6) is 11.5 Å². The zero-order valence-corrected chi connectivity index (χ0v) is 13.1. The lowest BCUT2D eigenvalue weighted by Gasteiger charge is -2.03. The number of para-hydroxylation sites is 1. The molecule has 2 N–H and O–H groups in total. The topological polar surface area (TPSA) is 70.9 Å². The Morgan fingerprint density at radius 1 is 1.22 bits per heavy atom. The molecular formula is C17H14N2O3S. The molecule has 0 saturated carbocycles. The van der Waals surface area contributed by atoms with E-state index in [4.69, 9.17) is 4.74 Å². The van der Waals surface area contributed by atoms with Gasteiger partial charge < -0.3 is 15.2 Å². The molecule has 0 aliphatic carbocycles. The van der Waals surface area contributed by atoms with Crippen molar-refractivity contribution in [3.8, 4) is 11.5 Å². The molecule has 0 atom stereocenters. The van der Waals surface area contributed by atoms with Crippen molar-refractivity contribution in [3.63, 3.8) is 0 Å². The number of phenolic OH excluding ortho intramolecular Hbond substituents is 1. The van der Waals surface area contributed by atoms with E-state index < -0.39 is 0 Å². The van der Waals surface area contributed by atoms with Gasteiger partial charge in [-0.25, -0.2) is 4.99 Å². The number of hydrogen-bond donors (Lipinski definition) is 2. The number of amidine groups is 1. The van der Waals surface area contributed by atoms with Gasteiger partial charge in [0, 0.05) is 11.6 Å². The zero-order valence-electron chi connectivity index (χ0n) is 12.3. The summed E-state index contributed by atoms with van der Waals surface area (Å²) in [5.41, 5.74) is 1.40. The molecule has 0 spiro atoms. The standard InChI is InChI=1S/C17H14N2O3S/c1-22-14-8-3-2-5-11(14)9-15-16(21)19-17(23-15)18-12-6-4-7-13(20)10-12/h2-10,20H,1H3,(H,18,19,21)/b15-9-. The molecule has 0 radical (unpaired) electrons. The van der Waals surface area contributed by atoms with Crippen LogP contribution < -0.4 is 10.1 Å². The summed E-state index contributed by atoms with van der Waals surface area (Å²) in [6.45, 7) is 0. The maximum atomic E-state index is 12.1.